The van der Waals surface area contributed by atoms with Gasteiger partial charge in [-0.3, -0.25) is 9.78 Å². The highest BCUT2D eigenvalue weighted by molar-refractivity contribution is 5.92. The number of halogens is 1. The van der Waals surface area contributed by atoms with E-state index in [4.69, 9.17) is 0 Å². The van der Waals surface area contributed by atoms with E-state index in [2.05, 4.69) is 41.2 Å². The lowest BCUT2D eigenvalue weighted by atomic mass is 9.93. The van der Waals surface area contributed by atoms with Crippen molar-refractivity contribution >= 4 is 29.2 Å². The molecule has 2 fully saturated rings. The Kier molecular flexibility index (Phi) is 6.07. The summed E-state index contributed by atoms with van der Waals surface area (Å²) in [4.78, 5) is 20.3. The summed E-state index contributed by atoms with van der Waals surface area (Å²) in [5.74, 6) is 0.623. The maximum absolute atomic E-state index is 13.2. The average molecular weight is 388 g/mol. The molecule has 27 heavy (non-hydrogen) atoms. The fourth-order valence-electron chi connectivity index (χ4n) is 4.08. The molecule has 1 atom stereocenters. The summed E-state index contributed by atoms with van der Waals surface area (Å²) in [6.07, 6.45) is 6.32. The quantitative estimate of drug-likeness (QED) is 0.816. The lowest BCUT2D eigenvalue weighted by Gasteiger charge is -2.29. The number of carbonyl (C=O) groups is 1. The van der Waals surface area contributed by atoms with Crippen molar-refractivity contribution < 1.29 is 4.79 Å². The molecule has 146 valence electrons. The van der Waals surface area contributed by atoms with Crippen LogP contribution in [0.25, 0.3) is 10.9 Å². The van der Waals surface area contributed by atoms with Gasteiger partial charge in [0.25, 0.3) is 0 Å². The number of nitrogens with zero attached hydrogens (tertiary/aromatic N) is 2. The van der Waals surface area contributed by atoms with Gasteiger partial charge < -0.3 is 10.2 Å². The van der Waals surface area contributed by atoms with E-state index in [1.165, 1.54) is 25.9 Å². The highest BCUT2D eigenvalue weighted by Gasteiger charge is 2.52. The molecule has 1 aliphatic heterocycles. The van der Waals surface area contributed by atoms with Gasteiger partial charge in [0.1, 0.15) is 0 Å². The minimum absolute atomic E-state index is 0. The predicted molar refractivity (Wildman–Crippen MR) is 112 cm³/mol. The van der Waals surface area contributed by atoms with E-state index in [1.54, 1.807) is 0 Å². The van der Waals surface area contributed by atoms with Gasteiger partial charge in [0, 0.05) is 24.2 Å². The molecule has 1 aromatic heterocycles. The van der Waals surface area contributed by atoms with Crippen LogP contribution in [0.2, 0.25) is 0 Å². The Labute approximate surface area is 168 Å². The molecule has 1 N–H and O–H groups in total. The number of amides is 1. The highest BCUT2D eigenvalue weighted by atomic mass is 35.5. The Morgan fingerprint density at radius 3 is 2.59 bits per heavy atom. The summed E-state index contributed by atoms with van der Waals surface area (Å²) < 4.78 is 0. The van der Waals surface area contributed by atoms with Crippen molar-refractivity contribution in [1.29, 1.82) is 0 Å². The van der Waals surface area contributed by atoms with Gasteiger partial charge in [0.2, 0.25) is 5.91 Å². The topological polar surface area (TPSA) is 45.2 Å². The van der Waals surface area contributed by atoms with E-state index in [0.717, 1.165) is 35.9 Å². The molecule has 5 heteroatoms. The van der Waals surface area contributed by atoms with E-state index in [9.17, 15) is 4.79 Å². The van der Waals surface area contributed by atoms with Crippen molar-refractivity contribution in [2.45, 2.75) is 51.0 Å². The molecule has 1 saturated carbocycles. The van der Waals surface area contributed by atoms with Crippen molar-refractivity contribution in [3.63, 3.8) is 0 Å². The van der Waals surface area contributed by atoms with Gasteiger partial charge in [-0.15, -0.1) is 12.4 Å². The number of pyridine rings is 1. The first kappa shape index (κ1) is 20.1. The summed E-state index contributed by atoms with van der Waals surface area (Å²) in [5, 5.41) is 4.50. The molecule has 0 bridgehead atoms. The van der Waals surface area contributed by atoms with Crippen LogP contribution in [-0.4, -0.2) is 41.5 Å². The maximum Gasteiger partial charge on any atom is 0.230 e. The van der Waals surface area contributed by atoms with Gasteiger partial charge in [-0.1, -0.05) is 32.0 Å². The second kappa shape index (κ2) is 8.15. The van der Waals surface area contributed by atoms with E-state index in [0.29, 0.717) is 5.92 Å². The molecule has 2 aliphatic rings. The number of para-hydroxylation sites is 1. The molecule has 1 aliphatic carbocycles. The van der Waals surface area contributed by atoms with Gasteiger partial charge in [0.15, 0.2) is 0 Å². The number of hydrogen-bond acceptors (Lipinski definition) is 3. The van der Waals surface area contributed by atoms with Crippen LogP contribution in [0.15, 0.2) is 36.5 Å². The van der Waals surface area contributed by atoms with Crippen molar-refractivity contribution in [2.24, 2.45) is 5.92 Å². The fourth-order valence-corrected chi connectivity index (χ4v) is 4.08. The van der Waals surface area contributed by atoms with Crippen LogP contribution in [0.4, 0.5) is 0 Å². The normalized spacial score (nSPS) is 19.7. The average Bonchev–Trinajstić information content (AvgIpc) is 3.31. The molecule has 0 radical (unpaired) electrons. The summed E-state index contributed by atoms with van der Waals surface area (Å²) in [7, 11) is 0. The number of rotatable bonds is 6. The number of hydrogen-bond donors (Lipinski definition) is 1. The SMILES string of the molecule is CC(C)C(CN1CCCC1)NC(=O)C1(c2cnc3ccccc3c2)CC1.Cl. The zero-order valence-corrected chi connectivity index (χ0v) is 17.1. The monoisotopic (exact) mass is 387 g/mol. The van der Waals surface area contributed by atoms with Crippen LogP contribution < -0.4 is 5.32 Å². The summed E-state index contributed by atoms with van der Waals surface area (Å²) in [6, 6.07) is 10.5. The molecule has 1 unspecified atom stereocenters. The maximum atomic E-state index is 13.2. The van der Waals surface area contributed by atoms with Gasteiger partial charge in [-0.25, -0.2) is 0 Å². The van der Waals surface area contributed by atoms with Crippen LogP contribution >= 0.6 is 12.4 Å². The fraction of sp³-hybridized carbons (Fsp3) is 0.545. The smallest absolute Gasteiger partial charge is 0.230 e. The second-order valence-corrected chi connectivity index (χ2v) is 8.33. The first-order valence-electron chi connectivity index (χ1n) is 9.97. The Morgan fingerprint density at radius 1 is 1.22 bits per heavy atom. The van der Waals surface area contributed by atoms with Crippen LogP contribution in [0.1, 0.15) is 45.1 Å². The molecule has 0 spiro atoms. The number of benzene rings is 1. The Balaban J connectivity index is 0.00000210. The van der Waals surface area contributed by atoms with Crippen LogP contribution in [0.3, 0.4) is 0 Å². The van der Waals surface area contributed by atoms with Crippen molar-refractivity contribution in [2.75, 3.05) is 19.6 Å². The first-order chi connectivity index (χ1) is 12.6. The van der Waals surface area contributed by atoms with Crippen molar-refractivity contribution in [3.8, 4) is 0 Å². The number of likely N-dealkylation sites (tertiary alicyclic amines) is 1. The molecule has 1 amide bonds. The molecule has 1 saturated heterocycles. The number of nitrogens with one attached hydrogen (secondary N) is 1. The third kappa shape index (κ3) is 4.12. The second-order valence-electron chi connectivity index (χ2n) is 8.33. The number of aromatic nitrogens is 1. The van der Waals surface area contributed by atoms with Crippen LogP contribution in [-0.2, 0) is 10.2 Å². The first-order valence-corrected chi connectivity index (χ1v) is 9.97. The zero-order valence-electron chi connectivity index (χ0n) is 16.3. The van der Waals surface area contributed by atoms with Crippen molar-refractivity contribution in [1.82, 2.24) is 15.2 Å². The molecule has 2 heterocycles. The molecular weight excluding hydrogens is 358 g/mol. The third-order valence-corrected chi connectivity index (χ3v) is 6.10. The lowest BCUT2D eigenvalue weighted by molar-refractivity contribution is -0.124. The van der Waals surface area contributed by atoms with Gasteiger partial charge in [0.05, 0.1) is 10.9 Å². The predicted octanol–water partition coefficient (Wildman–Crippen LogP) is 3.92. The van der Waals surface area contributed by atoms with Crippen LogP contribution in [0, 0.1) is 5.92 Å². The van der Waals surface area contributed by atoms with E-state index in [1.807, 2.05) is 24.4 Å². The molecule has 4 rings (SSSR count). The Bertz CT molecular complexity index is 797. The minimum Gasteiger partial charge on any atom is -0.351 e. The molecule has 1 aromatic carbocycles. The summed E-state index contributed by atoms with van der Waals surface area (Å²) >= 11 is 0. The summed E-state index contributed by atoms with van der Waals surface area (Å²) in [5.41, 5.74) is 1.69. The van der Waals surface area contributed by atoms with Gasteiger partial charge >= 0.3 is 0 Å². The number of carbonyl (C=O) groups excluding carboxylic acids is 1. The minimum atomic E-state index is -0.366. The molecule has 4 nitrogen and oxygen atoms in total. The number of fused-ring (bicyclic) bond motifs is 1. The van der Waals surface area contributed by atoms with E-state index in [-0.39, 0.29) is 29.8 Å². The molecule has 2 aromatic rings. The van der Waals surface area contributed by atoms with Gasteiger partial charge in [-0.05, 0) is 62.4 Å². The molecular formula is C22H30ClN3O. The largest absolute Gasteiger partial charge is 0.351 e. The van der Waals surface area contributed by atoms with Crippen LogP contribution in [0.5, 0.6) is 0 Å². The van der Waals surface area contributed by atoms with E-state index >= 15 is 0 Å². The Morgan fingerprint density at radius 2 is 1.93 bits per heavy atom. The zero-order chi connectivity index (χ0) is 18.1. The van der Waals surface area contributed by atoms with Gasteiger partial charge in [-0.2, -0.15) is 0 Å². The third-order valence-electron chi connectivity index (χ3n) is 6.10. The summed E-state index contributed by atoms with van der Waals surface area (Å²) in [6.45, 7) is 7.71. The van der Waals surface area contributed by atoms with Crippen molar-refractivity contribution in [3.05, 3.63) is 42.1 Å². The standard InChI is InChI=1S/C22H29N3O.ClH/c1-16(2)20(15-25-11-5-6-12-25)24-21(26)22(9-10-22)18-13-17-7-3-4-8-19(17)23-14-18;/h3-4,7-8,13-14,16,20H,5-6,9-12,15H2,1-2H3,(H,24,26);1H. The Hall–Kier alpha value is -1.65. The highest BCUT2D eigenvalue weighted by Crippen LogP contribution is 2.48. The lowest BCUT2D eigenvalue weighted by Crippen LogP contribution is -2.49. The van der Waals surface area contributed by atoms with E-state index < -0.39 is 0 Å².